The molecule has 2 rings (SSSR count). The van der Waals surface area contributed by atoms with Crippen LogP contribution in [0.2, 0.25) is 0 Å². The summed E-state index contributed by atoms with van der Waals surface area (Å²) in [6.45, 7) is 8.71. The standard InChI is InChI=1S/C16H25N3O2/c1-13-4-3-5-15(14(13)2)19-9-7-18(8-10-19)12-16(21)17-6-11-20/h3-5,20H,6-12H2,1-2H3,(H,17,21). The van der Waals surface area contributed by atoms with Crippen molar-refractivity contribution in [3.8, 4) is 0 Å². The van der Waals surface area contributed by atoms with Gasteiger partial charge in [-0.3, -0.25) is 9.69 Å². The molecular formula is C16H25N3O2. The van der Waals surface area contributed by atoms with Crippen molar-refractivity contribution in [3.63, 3.8) is 0 Å². The number of anilines is 1. The number of hydrogen-bond donors (Lipinski definition) is 2. The minimum atomic E-state index is -0.00997. The number of hydrogen-bond acceptors (Lipinski definition) is 4. The molecule has 116 valence electrons. The van der Waals surface area contributed by atoms with E-state index in [2.05, 4.69) is 47.2 Å². The van der Waals surface area contributed by atoms with Crippen molar-refractivity contribution < 1.29 is 9.90 Å². The van der Waals surface area contributed by atoms with Gasteiger partial charge in [0.1, 0.15) is 0 Å². The summed E-state index contributed by atoms with van der Waals surface area (Å²) in [7, 11) is 0. The van der Waals surface area contributed by atoms with Gasteiger partial charge in [-0.25, -0.2) is 0 Å². The second-order valence-electron chi connectivity index (χ2n) is 5.56. The van der Waals surface area contributed by atoms with Crippen molar-refractivity contribution in [2.75, 3.05) is 50.8 Å². The number of nitrogens with one attached hydrogen (secondary N) is 1. The van der Waals surface area contributed by atoms with Gasteiger partial charge >= 0.3 is 0 Å². The van der Waals surface area contributed by atoms with Crippen molar-refractivity contribution in [2.45, 2.75) is 13.8 Å². The maximum atomic E-state index is 11.6. The second kappa shape index (κ2) is 7.43. The Kier molecular flexibility index (Phi) is 5.59. The Morgan fingerprint density at radius 3 is 2.62 bits per heavy atom. The van der Waals surface area contributed by atoms with Crippen LogP contribution in [0.25, 0.3) is 0 Å². The van der Waals surface area contributed by atoms with E-state index < -0.39 is 0 Å². The van der Waals surface area contributed by atoms with Crippen LogP contribution in [0.5, 0.6) is 0 Å². The molecule has 1 saturated heterocycles. The number of carbonyl (C=O) groups excluding carboxylic acids is 1. The molecule has 0 aromatic heterocycles. The van der Waals surface area contributed by atoms with Gasteiger partial charge in [-0.15, -0.1) is 0 Å². The van der Waals surface area contributed by atoms with E-state index in [-0.39, 0.29) is 12.5 Å². The Bertz CT molecular complexity index is 482. The molecule has 21 heavy (non-hydrogen) atoms. The summed E-state index contributed by atoms with van der Waals surface area (Å²) < 4.78 is 0. The van der Waals surface area contributed by atoms with Gasteiger partial charge in [-0.2, -0.15) is 0 Å². The van der Waals surface area contributed by atoms with Crippen LogP contribution in [-0.2, 0) is 4.79 Å². The molecule has 1 heterocycles. The smallest absolute Gasteiger partial charge is 0.234 e. The zero-order chi connectivity index (χ0) is 15.2. The molecule has 1 amide bonds. The molecular weight excluding hydrogens is 266 g/mol. The number of nitrogens with zero attached hydrogens (tertiary/aromatic N) is 2. The lowest BCUT2D eigenvalue weighted by atomic mass is 10.1. The Labute approximate surface area is 126 Å². The zero-order valence-electron chi connectivity index (χ0n) is 12.9. The molecule has 0 atom stereocenters. The van der Waals surface area contributed by atoms with Gasteiger partial charge in [0.25, 0.3) is 0 Å². The minimum absolute atomic E-state index is 0.00778. The minimum Gasteiger partial charge on any atom is -0.395 e. The van der Waals surface area contributed by atoms with Crippen molar-refractivity contribution in [1.29, 1.82) is 0 Å². The van der Waals surface area contributed by atoms with Crippen LogP contribution >= 0.6 is 0 Å². The molecule has 0 aliphatic carbocycles. The monoisotopic (exact) mass is 291 g/mol. The van der Waals surface area contributed by atoms with Crippen molar-refractivity contribution in [2.24, 2.45) is 0 Å². The fourth-order valence-electron chi connectivity index (χ4n) is 2.68. The molecule has 1 fully saturated rings. The lowest BCUT2D eigenvalue weighted by Gasteiger charge is -2.36. The third-order valence-electron chi connectivity index (χ3n) is 4.09. The molecule has 2 N–H and O–H groups in total. The van der Waals surface area contributed by atoms with Gasteiger partial charge in [0.2, 0.25) is 5.91 Å². The first-order valence-corrected chi connectivity index (χ1v) is 7.53. The Hall–Kier alpha value is -1.59. The van der Waals surface area contributed by atoms with E-state index in [9.17, 15) is 4.79 Å². The van der Waals surface area contributed by atoms with Crippen LogP contribution in [0.1, 0.15) is 11.1 Å². The van der Waals surface area contributed by atoms with E-state index in [0.717, 1.165) is 26.2 Å². The number of aryl methyl sites for hydroxylation is 1. The molecule has 1 aliphatic rings. The van der Waals surface area contributed by atoms with Gasteiger partial charge in [-0.05, 0) is 31.0 Å². The van der Waals surface area contributed by atoms with Gasteiger partial charge in [0.05, 0.1) is 13.2 Å². The summed E-state index contributed by atoms with van der Waals surface area (Å²) in [5, 5.41) is 11.4. The highest BCUT2D eigenvalue weighted by atomic mass is 16.3. The van der Waals surface area contributed by atoms with Crippen molar-refractivity contribution >= 4 is 11.6 Å². The molecule has 0 bridgehead atoms. The molecule has 0 spiro atoms. The van der Waals surface area contributed by atoms with E-state index in [1.165, 1.54) is 16.8 Å². The number of aliphatic hydroxyl groups is 1. The first kappa shape index (κ1) is 15.8. The molecule has 1 aliphatic heterocycles. The van der Waals surface area contributed by atoms with Crippen LogP contribution in [0, 0.1) is 13.8 Å². The molecule has 5 heteroatoms. The van der Waals surface area contributed by atoms with E-state index in [1.807, 2.05) is 0 Å². The maximum Gasteiger partial charge on any atom is 0.234 e. The van der Waals surface area contributed by atoms with Gasteiger partial charge in [0.15, 0.2) is 0 Å². The predicted octanol–water partition coefficient (Wildman–Crippen LogP) is 0.534. The number of rotatable bonds is 5. The summed E-state index contributed by atoms with van der Waals surface area (Å²) in [4.78, 5) is 16.2. The quantitative estimate of drug-likeness (QED) is 0.831. The lowest BCUT2D eigenvalue weighted by Crippen LogP contribution is -2.49. The number of amides is 1. The molecule has 0 saturated carbocycles. The van der Waals surface area contributed by atoms with Crippen LogP contribution in [-0.4, -0.2) is 61.8 Å². The fourth-order valence-corrected chi connectivity index (χ4v) is 2.68. The number of benzene rings is 1. The Balaban J connectivity index is 1.86. The van der Waals surface area contributed by atoms with E-state index in [1.54, 1.807) is 0 Å². The van der Waals surface area contributed by atoms with Crippen LogP contribution in [0.3, 0.4) is 0 Å². The van der Waals surface area contributed by atoms with Gasteiger partial charge in [-0.1, -0.05) is 12.1 Å². The zero-order valence-corrected chi connectivity index (χ0v) is 12.9. The summed E-state index contributed by atoms with van der Waals surface area (Å²) in [6, 6.07) is 6.42. The predicted molar refractivity (Wildman–Crippen MR) is 84.7 cm³/mol. The fraction of sp³-hybridized carbons (Fsp3) is 0.562. The third kappa shape index (κ3) is 4.19. The Morgan fingerprint density at radius 1 is 1.24 bits per heavy atom. The van der Waals surface area contributed by atoms with Gasteiger partial charge in [0, 0.05) is 38.4 Å². The summed E-state index contributed by atoms with van der Waals surface area (Å²) in [6.07, 6.45) is 0. The molecule has 1 aromatic rings. The SMILES string of the molecule is Cc1cccc(N2CCN(CC(=O)NCCO)CC2)c1C. The number of piperazine rings is 1. The van der Waals surface area contributed by atoms with E-state index in [4.69, 9.17) is 5.11 Å². The molecule has 0 unspecified atom stereocenters. The van der Waals surface area contributed by atoms with Crippen LogP contribution < -0.4 is 10.2 Å². The van der Waals surface area contributed by atoms with Crippen LogP contribution in [0.15, 0.2) is 18.2 Å². The molecule has 1 aromatic carbocycles. The summed E-state index contributed by atoms with van der Waals surface area (Å²) in [5.74, 6) is -0.00997. The van der Waals surface area contributed by atoms with E-state index >= 15 is 0 Å². The topological polar surface area (TPSA) is 55.8 Å². The number of carbonyl (C=O) groups is 1. The summed E-state index contributed by atoms with van der Waals surface area (Å²) in [5.41, 5.74) is 3.96. The first-order valence-electron chi connectivity index (χ1n) is 7.53. The third-order valence-corrected chi connectivity index (χ3v) is 4.09. The highest BCUT2D eigenvalue weighted by Gasteiger charge is 2.20. The van der Waals surface area contributed by atoms with Crippen molar-refractivity contribution in [3.05, 3.63) is 29.3 Å². The molecule has 5 nitrogen and oxygen atoms in total. The number of aliphatic hydroxyl groups excluding tert-OH is 1. The average molecular weight is 291 g/mol. The lowest BCUT2D eigenvalue weighted by molar-refractivity contribution is -0.122. The largest absolute Gasteiger partial charge is 0.395 e. The maximum absolute atomic E-state index is 11.6. The first-order chi connectivity index (χ1) is 10.1. The Morgan fingerprint density at radius 2 is 1.95 bits per heavy atom. The van der Waals surface area contributed by atoms with E-state index in [0.29, 0.717) is 13.1 Å². The average Bonchev–Trinajstić information content (AvgIpc) is 2.49. The highest BCUT2D eigenvalue weighted by molar-refractivity contribution is 5.78. The second-order valence-corrected chi connectivity index (χ2v) is 5.56. The highest BCUT2D eigenvalue weighted by Crippen LogP contribution is 2.23. The molecule has 0 radical (unpaired) electrons. The normalized spacial score (nSPS) is 16.0. The van der Waals surface area contributed by atoms with Crippen molar-refractivity contribution in [1.82, 2.24) is 10.2 Å². The van der Waals surface area contributed by atoms with Gasteiger partial charge < -0.3 is 15.3 Å². The summed E-state index contributed by atoms with van der Waals surface area (Å²) >= 11 is 0. The van der Waals surface area contributed by atoms with Crippen LogP contribution in [0.4, 0.5) is 5.69 Å².